The number of para-hydroxylation sites is 2. The molecular formula is C27H24N4O3S. The largest absolute Gasteiger partial charge is 0.506 e. The van der Waals surface area contributed by atoms with Crippen LogP contribution in [0, 0.1) is 13.8 Å². The van der Waals surface area contributed by atoms with E-state index in [1.807, 2.05) is 59.5 Å². The Balaban J connectivity index is 1.51. The Bertz CT molecular complexity index is 1440. The van der Waals surface area contributed by atoms with E-state index in [-0.39, 0.29) is 24.6 Å². The van der Waals surface area contributed by atoms with Crippen molar-refractivity contribution >= 4 is 23.0 Å². The summed E-state index contributed by atoms with van der Waals surface area (Å²) < 4.78 is 13.3. The number of pyridine rings is 1. The van der Waals surface area contributed by atoms with Gasteiger partial charge in [0.25, 0.3) is 0 Å². The van der Waals surface area contributed by atoms with E-state index < -0.39 is 0 Å². The van der Waals surface area contributed by atoms with E-state index >= 15 is 0 Å². The van der Waals surface area contributed by atoms with Crippen molar-refractivity contribution in [2.45, 2.75) is 25.9 Å². The first-order valence-electron chi connectivity index (χ1n) is 11.4. The predicted molar refractivity (Wildman–Crippen MR) is 137 cm³/mol. The van der Waals surface area contributed by atoms with Gasteiger partial charge in [0.05, 0.1) is 23.5 Å². The van der Waals surface area contributed by atoms with Gasteiger partial charge in [-0.1, -0.05) is 18.2 Å². The third-order valence-electron chi connectivity index (χ3n) is 6.64. The average Bonchev–Trinajstić information content (AvgIpc) is 3.55. The summed E-state index contributed by atoms with van der Waals surface area (Å²) in [6.07, 6.45) is 1.79. The highest BCUT2D eigenvalue weighted by Gasteiger charge is 2.43. The second-order valence-corrected chi connectivity index (χ2v) is 9.07. The maximum atomic E-state index is 10.7. The summed E-state index contributed by atoms with van der Waals surface area (Å²) in [5, 5.41) is 14.7. The van der Waals surface area contributed by atoms with Crippen LogP contribution in [0.25, 0.3) is 5.69 Å². The van der Waals surface area contributed by atoms with Crippen LogP contribution in [0.15, 0.2) is 72.9 Å². The first-order chi connectivity index (χ1) is 17.0. The minimum atomic E-state index is -0.223. The second kappa shape index (κ2) is 8.32. The monoisotopic (exact) mass is 484 g/mol. The van der Waals surface area contributed by atoms with Gasteiger partial charge in [0.1, 0.15) is 5.75 Å². The first kappa shape index (κ1) is 21.5. The number of rotatable bonds is 4. The quantitative estimate of drug-likeness (QED) is 0.391. The fourth-order valence-electron chi connectivity index (χ4n) is 5.11. The number of phenols is 1. The van der Waals surface area contributed by atoms with Crippen LogP contribution >= 0.6 is 12.2 Å². The van der Waals surface area contributed by atoms with E-state index in [4.69, 9.17) is 21.7 Å². The average molecular weight is 485 g/mol. The molecule has 8 heteroatoms. The maximum absolute atomic E-state index is 10.7. The Hall–Kier alpha value is -4.04. The standard InChI is InChI=1S/C27H24N4O3S/c1-16-13-19(17(2)30(16)18-10-11-23-24(14-18)34-15-33-23)26-25(20-7-5-6-12-28-20)29-27(35)31(26)21-8-3-4-9-22(21)32/h3-14,25-26,32H,15H2,1-2H3,(H,29,35). The molecule has 2 N–H and O–H groups in total. The first-order valence-corrected chi connectivity index (χ1v) is 11.8. The number of nitrogens with zero attached hydrogens (tertiary/aromatic N) is 3. The molecule has 35 heavy (non-hydrogen) atoms. The number of aromatic nitrogens is 2. The van der Waals surface area contributed by atoms with Crippen molar-refractivity contribution in [1.29, 1.82) is 0 Å². The number of fused-ring (bicyclic) bond motifs is 1. The lowest BCUT2D eigenvalue weighted by Gasteiger charge is -2.28. The molecule has 0 aliphatic carbocycles. The van der Waals surface area contributed by atoms with E-state index in [2.05, 4.69) is 34.8 Å². The maximum Gasteiger partial charge on any atom is 0.231 e. The summed E-state index contributed by atoms with van der Waals surface area (Å²) in [5.41, 5.74) is 5.76. The third-order valence-corrected chi connectivity index (χ3v) is 6.96. The van der Waals surface area contributed by atoms with Crippen LogP contribution in [0.2, 0.25) is 0 Å². The molecule has 4 aromatic rings. The molecule has 1 saturated heterocycles. The molecule has 176 valence electrons. The van der Waals surface area contributed by atoms with Crippen molar-refractivity contribution in [3.05, 3.63) is 95.6 Å². The van der Waals surface area contributed by atoms with Gasteiger partial charge in [-0.15, -0.1) is 0 Å². The number of anilines is 1. The summed E-state index contributed by atoms with van der Waals surface area (Å²) in [6.45, 7) is 4.43. The van der Waals surface area contributed by atoms with Crippen LogP contribution in [-0.4, -0.2) is 26.6 Å². The molecule has 2 aliphatic rings. The molecule has 0 bridgehead atoms. The van der Waals surface area contributed by atoms with Gasteiger partial charge in [0, 0.05) is 29.3 Å². The van der Waals surface area contributed by atoms with Gasteiger partial charge in [0.15, 0.2) is 16.6 Å². The lowest BCUT2D eigenvalue weighted by Crippen LogP contribution is -2.29. The van der Waals surface area contributed by atoms with Crippen molar-refractivity contribution in [3.63, 3.8) is 0 Å². The number of hydrogen-bond acceptors (Lipinski definition) is 5. The molecule has 4 heterocycles. The Morgan fingerprint density at radius 3 is 2.60 bits per heavy atom. The van der Waals surface area contributed by atoms with Crippen LogP contribution in [-0.2, 0) is 0 Å². The van der Waals surface area contributed by atoms with E-state index in [1.54, 1.807) is 12.3 Å². The molecule has 0 saturated carbocycles. The zero-order valence-corrected chi connectivity index (χ0v) is 20.1. The van der Waals surface area contributed by atoms with E-state index in [0.717, 1.165) is 39.8 Å². The number of hydrogen-bond donors (Lipinski definition) is 2. The minimum absolute atomic E-state index is 0.174. The summed E-state index contributed by atoms with van der Waals surface area (Å²) in [7, 11) is 0. The highest BCUT2D eigenvalue weighted by Crippen LogP contribution is 2.46. The SMILES string of the molecule is Cc1cc(C2C(c3ccccn3)NC(=S)N2c2ccccc2O)c(C)n1-c1ccc2c(c1)OCO2. The van der Waals surface area contributed by atoms with Gasteiger partial charge in [-0.3, -0.25) is 4.98 Å². The Kier molecular flexibility index (Phi) is 5.11. The third kappa shape index (κ3) is 3.49. The Morgan fingerprint density at radius 2 is 1.80 bits per heavy atom. The molecule has 0 spiro atoms. The van der Waals surface area contributed by atoms with Gasteiger partial charge >= 0.3 is 0 Å². The van der Waals surface area contributed by atoms with Crippen molar-refractivity contribution in [2.24, 2.45) is 0 Å². The van der Waals surface area contributed by atoms with Crippen molar-refractivity contribution in [2.75, 3.05) is 11.7 Å². The molecule has 2 aromatic carbocycles. The van der Waals surface area contributed by atoms with Crippen LogP contribution in [0.3, 0.4) is 0 Å². The lowest BCUT2D eigenvalue weighted by atomic mass is 9.96. The van der Waals surface area contributed by atoms with Crippen LogP contribution in [0.5, 0.6) is 17.2 Å². The van der Waals surface area contributed by atoms with Crippen molar-refractivity contribution in [3.8, 4) is 22.9 Å². The zero-order chi connectivity index (χ0) is 24.1. The molecule has 2 atom stereocenters. The van der Waals surface area contributed by atoms with Gasteiger partial charge in [-0.25, -0.2) is 0 Å². The van der Waals surface area contributed by atoms with Gasteiger partial charge in [0.2, 0.25) is 6.79 Å². The number of ether oxygens (including phenoxy) is 2. The summed E-state index contributed by atoms with van der Waals surface area (Å²) in [5.74, 6) is 1.66. The van der Waals surface area contributed by atoms with Crippen molar-refractivity contribution < 1.29 is 14.6 Å². The predicted octanol–water partition coefficient (Wildman–Crippen LogP) is 5.10. The fourth-order valence-corrected chi connectivity index (χ4v) is 5.45. The normalized spacial score (nSPS) is 18.7. The van der Waals surface area contributed by atoms with Gasteiger partial charge in [-0.2, -0.15) is 0 Å². The molecule has 2 aliphatic heterocycles. The van der Waals surface area contributed by atoms with E-state index in [9.17, 15) is 5.11 Å². The Morgan fingerprint density at radius 1 is 1.00 bits per heavy atom. The number of thiocarbonyl (C=S) groups is 1. The highest BCUT2D eigenvalue weighted by atomic mass is 32.1. The smallest absolute Gasteiger partial charge is 0.231 e. The molecule has 0 radical (unpaired) electrons. The number of aryl methyl sites for hydroxylation is 1. The molecule has 2 aromatic heterocycles. The number of phenolic OH excluding ortho intramolecular Hbond substituents is 1. The lowest BCUT2D eigenvalue weighted by molar-refractivity contribution is 0.174. The fraction of sp³-hybridized carbons (Fsp3) is 0.185. The molecular weight excluding hydrogens is 460 g/mol. The van der Waals surface area contributed by atoms with E-state index in [1.165, 1.54) is 0 Å². The topological polar surface area (TPSA) is 71.8 Å². The number of aromatic hydroxyl groups is 1. The molecule has 2 unspecified atom stereocenters. The number of nitrogens with one attached hydrogen (secondary N) is 1. The Labute approximate surface area is 208 Å². The number of benzene rings is 2. The molecule has 7 nitrogen and oxygen atoms in total. The van der Waals surface area contributed by atoms with Crippen molar-refractivity contribution in [1.82, 2.24) is 14.9 Å². The van der Waals surface area contributed by atoms with Gasteiger partial charge in [-0.05, 0) is 74.1 Å². The minimum Gasteiger partial charge on any atom is -0.506 e. The zero-order valence-electron chi connectivity index (χ0n) is 19.3. The summed E-state index contributed by atoms with van der Waals surface area (Å²) in [4.78, 5) is 6.63. The highest BCUT2D eigenvalue weighted by molar-refractivity contribution is 7.80. The van der Waals surface area contributed by atoms with Crippen LogP contribution in [0.1, 0.15) is 34.7 Å². The summed E-state index contributed by atoms with van der Waals surface area (Å²) >= 11 is 5.81. The van der Waals surface area contributed by atoms with Crippen LogP contribution < -0.4 is 19.7 Å². The second-order valence-electron chi connectivity index (χ2n) is 8.68. The molecule has 1 fully saturated rings. The van der Waals surface area contributed by atoms with Crippen LogP contribution in [0.4, 0.5) is 5.69 Å². The van der Waals surface area contributed by atoms with E-state index in [0.29, 0.717) is 10.8 Å². The van der Waals surface area contributed by atoms with Gasteiger partial charge < -0.3 is 29.4 Å². The molecule has 6 rings (SSSR count). The molecule has 0 amide bonds. The summed E-state index contributed by atoms with van der Waals surface area (Å²) in [6, 6.07) is 20.9.